The first-order valence-electron chi connectivity index (χ1n) is 4.76. The van der Waals surface area contributed by atoms with Crippen molar-refractivity contribution >= 4 is 27.6 Å². The molecule has 4 nitrogen and oxygen atoms in total. The van der Waals surface area contributed by atoms with E-state index in [1.54, 1.807) is 25.1 Å². The predicted molar refractivity (Wildman–Crippen MR) is 63.7 cm³/mol. The molecule has 1 amide bonds. The maximum Gasteiger partial charge on any atom is 0.292 e. The summed E-state index contributed by atoms with van der Waals surface area (Å²) in [6.45, 7) is 2.17. The SMILES string of the molecule is CCNC(=O)C(=O)c1cc(Br)ccc1OC. The normalized spacial score (nSPS) is 9.69. The van der Waals surface area contributed by atoms with Crippen LogP contribution in [0, 0.1) is 0 Å². The molecule has 0 spiro atoms. The van der Waals surface area contributed by atoms with E-state index in [2.05, 4.69) is 21.2 Å². The maximum atomic E-state index is 11.8. The van der Waals surface area contributed by atoms with Gasteiger partial charge in [-0.25, -0.2) is 0 Å². The van der Waals surface area contributed by atoms with Gasteiger partial charge < -0.3 is 10.1 Å². The number of carbonyl (C=O) groups excluding carboxylic acids is 2. The number of hydrogen-bond acceptors (Lipinski definition) is 3. The minimum atomic E-state index is -0.626. The Morgan fingerprint density at radius 2 is 2.12 bits per heavy atom. The summed E-state index contributed by atoms with van der Waals surface area (Å²) >= 11 is 3.24. The van der Waals surface area contributed by atoms with E-state index >= 15 is 0 Å². The van der Waals surface area contributed by atoms with Crippen LogP contribution in [0.4, 0.5) is 0 Å². The number of hydrogen-bond donors (Lipinski definition) is 1. The maximum absolute atomic E-state index is 11.8. The Morgan fingerprint density at radius 3 is 2.69 bits per heavy atom. The number of carbonyl (C=O) groups is 2. The van der Waals surface area contributed by atoms with Gasteiger partial charge in [0.1, 0.15) is 5.75 Å². The molecule has 1 rings (SSSR count). The second kappa shape index (κ2) is 5.65. The van der Waals surface area contributed by atoms with Crippen LogP contribution in [-0.4, -0.2) is 25.3 Å². The first-order chi connectivity index (χ1) is 7.60. The summed E-state index contributed by atoms with van der Waals surface area (Å²) in [5.41, 5.74) is 0.253. The Labute approximate surface area is 102 Å². The zero-order valence-electron chi connectivity index (χ0n) is 9.04. The number of likely N-dealkylation sites (N-methyl/N-ethyl adjacent to an activating group) is 1. The van der Waals surface area contributed by atoms with E-state index < -0.39 is 11.7 Å². The molecule has 0 bridgehead atoms. The zero-order chi connectivity index (χ0) is 12.1. The topological polar surface area (TPSA) is 55.4 Å². The standard InChI is InChI=1S/C11H12BrNO3/c1-3-13-11(15)10(14)8-6-7(12)4-5-9(8)16-2/h4-6H,3H2,1-2H3,(H,13,15). The molecular formula is C11H12BrNO3. The van der Waals surface area contributed by atoms with Gasteiger partial charge in [-0.1, -0.05) is 15.9 Å². The van der Waals surface area contributed by atoms with E-state index in [9.17, 15) is 9.59 Å². The van der Waals surface area contributed by atoms with Crippen LogP contribution in [0.25, 0.3) is 0 Å². The fraction of sp³-hybridized carbons (Fsp3) is 0.273. The van der Waals surface area contributed by atoms with Crippen LogP contribution >= 0.6 is 15.9 Å². The summed E-state index contributed by atoms with van der Waals surface area (Å²) in [7, 11) is 1.46. The van der Waals surface area contributed by atoms with Crippen LogP contribution in [-0.2, 0) is 4.79 Å². The van der Waals surface area contributed by atoms with Gasteiger partial charge in [0.25, 0.3) is 11.7 Å². The number of ether oxygens (including phenoxy) is 1. The van der Waals surface area contributed by atoms with Gasteiger partial charge in [0.05, 0.1) is 12.7 Å². The number of nitrogens with one attached hydrogen (secondary N) is 1. The molecule has 16 heavy (non-hydrogen) atoms. The summed E-state index contributed by atoms with van der Waals surface area (Å²) in [5.74, 6) is -0.835. The second-order valence-corrected chi connectivity index (χ2v) is 3.95. The summed E-state index contributed by atoms with van der Waals surface area (Å²) in [6.07, 6.45) is 0. The summed E-state index contributed by atoms with van der Waals surface area (Å²) in [5, 5.41) is 2.46. The van der Waals surface area contributed by atoms with Crippen molar-refractivity contribution in [3.05, 3.63) is 28.2 Å². The van der Waals surface area contributed by atoms with Crippen LogP contribution in [0.3, 0.4) is 0 Å². The van der Waals surface area contributed by atoms with Gasteiger partial charge in [-0.3, -0.25) is 9.59 Å². The number of halogens is 1. The smallest absolute Gasteiger partial charge is 0.292 e. The molecule has 0 unspecified atom stereocenters. The fourth-order valence-corrected chi connectivity index (χ4v) is 1.58. The first kappa shape index (κ1) is 12.7. The molecule has 86 valence electrons. The highest BCUT2D eigenvalue weighted by Crippen LogP contribution is 2.23. The molecule has 0 saturated heterocycles. The molecule has 5 heteroatoms. The minimum Gasteiger partial charge on any atom is -0.496 e. The molecule has 0 fully saturated rings. The Bertz CT molecular complexity index is 418. The lowest BCUT2D eigenvalue weighted by Gasteiger charge is -2.07. The van der Waals surface area contributed by atoms with Crippen LogP contribution in [0.15, 0.2) is 22.7 Å². The fourth-order valence-electron chi connectivity index (χ4n) is 1.22. The third-order valence-corrected chi connectivity index (χ3v) is 2.44. The lowest BCUT2D eigenvalue weighted by molar-refractivity contribution is -0.116. The van der Waals surface area contributed by atoms with Crippen molar-refractivity contribution in [3.63, 3.8) is 0 Å². The number of methoxy groups -OCH3 is 1. The van der Waals surface area contributed by atoms with Gasteiger partial charge in [0, 0.05) is 11.0 Å². The molecule has 0 radical (unpaired) electrons. The van der Waals surface area contributed by atoms with E-state index in [-0.39, 0.29) is 5.56 Å². The average molecular weight is 286 g/mol. The largest absolute Gasteiger partial charge is 0.496 e. The Morgan fingerprint density at radius 1 is 1.44 bits per heavy atom. The number of rotatable bonds is 4. The third-order valence-electron chi connectivity index (χ3n) is 1.95. The molecular weight excluding hydrogens is 274 g/mol. The monoisotopic (exact) mass is 285 g/mol. The van der Waals surface area contributed by atoms with Crippen molar-refractivity contribution in [2.24, 2.45) is 0 Å². The molecule has 1 aromatic carbocycles. The van der Waals surface area contributed by atoms with Crippen molar-refractivity contribution in [3.8, 4) is 5.75 Å². The summed E-state index contributed by atoms with van der Waals surface area (Å²) < 4.78 is 5.75. The highest BCUT2D eigenvalue weighted by atomic mass is 79.9. The predicted octanol–water partition coefficient (Wildman–Crippen LogP) is 1.78. The molecule has 0 atom stereocenters. The quantitative estimate of drug-likeness (QED) is 0.678. The van der Waals surface area contributed by atoms with Gasteiger partial charge in [-0.15, -0.1) is 0 Å². The van der Waals surface area contributed by atoms with E-state index in [1.807, 2.05) is 0 Å². The van der Waals surface area contributed by atoms with Crippen LogP contribution in [0.2, 0.25) is 0 Å². The Kier molecular flexibility index (Phi) is 4.49. The van der Waals surface area contributed by atoms with Gasteiger partial charge in [-0.05, 0) is 25.1 Å². The van der Waals surface area contributed by atoms with Crippen molar-refractivity contribution in [2.75, 3.05) is 13.7 Å². The second-order valence-electron chi connectivity index (χ2n) is 3.03. The van der Waals surface area contributed by atoms with Gasteiger partial charge in [-0.2, -0.15) is 0 Å². The molecule has 1 N–H and O–H groups in total. The molecule has 0 aliphatic heterocycles. The molecule has 0 saturated carbocycles. The Balaban J connectivity index is 3.06. The van der Waals surface area contributed by atoms with Crippen molar-refractivity contribution in [1.82, 2.24) is 5.32 Å². The van der Waals surface area contributed by atoms with Crippen LogP contribution in [0.1, 0.15) is 17.3 Å². The van der Waals surface area contributed by atoms with E-state index in [1.165, 1.54) is 7.11 Å². The summed E-state index contributed by atoms with van der Waals surface area (Å²) in [4.78, 5) is 23.1. The molecule has 0 aromatic heterocycles. The highest BCUT2D eigenvalue weighted by molar-refractivity contribution is 9.10. The Hall–Kier alpha value is -1.36. The van der Waals surface area contributed by atoms with Crippen molar-refractivity contribution < 1.29 is 14.3 Å². The third kappa shape index (κ3) is 2.82. The van der Waals surface area contributed by atoms with Crippen molar-refractivity contribution in [1.29, 1.82) is 0 Å². The van der Waals surface area contributed by atoms with E-state index in [4.69, 9.17) is 4.74 Å². The zero-order valence-corrected chi connectivity index (χ0v) is 10.6. The van der Waals surface area contributed by atoms with Gasteiger partial charge in [0.15, 0.2) is 0 Å². The summed E-state index contributed by atoms with van der Waals surface area (Å²) in [6, 6.07) is 4.94. The number of amides is 1. The van der Waals surface area contributed by atoms with Gasteiger partial charge >= 0.3 is 0 Å². The molecule has 0 aliphatic rings. The van der Waals surface area contributed by atoms with E-state index in [0.29, 0.717) is 12.3 Å². The van der Waals surface area contributed by atoms with E-state index in [0.717, 1.165) is 4.47 Å². The number of Topliss-reactive ketones (excluding diaryl/α,β-unsaturated/α-hetero) is 1. The minimum absolute atomic E-state index is 0.253. The number of benzene rings is 1. The molecule has 0 aliphatic carbocycles. The average Bonchev–Trinajstić information content (AvgIpc) is 2.28. The molecule has 0 heterocycles. The van der Waals surface area contributed by atoms with Crippen LogP contribution in [0.5, 0.6) is 5.75 Å². The van der Waals surface area contributed by atoms with Crippen LogP contribution < -0.4 is 10.1 Å². The lowest BCUT2D eigenvalue weighted by atomic mass is 10.1. The van der Waals surface area contributed by atoms with Gasteiger partial charge in [0.2, 0.25) is 0 Å². The highest BCUT2D eigenvalue weighted by Gasteiger charge is 2.19. The molecule has 1 aromatic rings. The van der Waals surface area contributed by atoms with Crippen molar-refractivity contribution in [2.45, 2.75) is 6.92 Å². The first-order valence-corrected chi connectivity index (χ1v) is 5.55. The number of ketones is 1. The lowest BCUT2D eigenvalue weighted by Crippen LogP contribution is -2.30.